The van der Waals surface area contributed by atoms with Crippen LogP contribution in [0.4, 0.5) is 0 Å². The van der Waals surface area contributed by atoms with E-state index in [2.05, 4.69) is 0 Å². The molecule has 0 saturated carbocycles. The van der Waals surface area contributed by atoms with Gasteiger partial charge in [-0.15, -0.1) is 0 Å². The lowest BCUT2D eigenvalue weighted by Crippen LogP contribution is -2.42. The van der Waals surface area contributed by atoms with E-state index in [1.54, 1.807) is 20.8 Å². The summed E-state index contributed by atoms with van der Waals surface area (Å²) in [5.74, 6) is -12.0. The highest BCUT2D eigenvalue weighted by Gasteiger charge is 2.37. The Morgan fingerprint density at radius 2 is 1.08 bits per heavy atom. The van der Waals surface area contributed by atoms with Crippen LogP contribution in [0.15, 0.2) is 0 Å². The molecule has 0 rings (SSSR count). The number of aliphatic hydroxyl groups is 3. The predicted molar refractivity (Wildman–Crippen MR) is 178 cm³/mol. The van der Waals surface area contributed by atoms with Crippen molar-refractivity contribution >= 4 is 35.8 Å². The maximum absolute atomic E-state index is 13.0. The fraction of sp³-hybridized carbons (Fsp3) is 0.824. The molecule has 0 aromatic heterocycles. The largest absolute Gasteiger partial charge is 0.481 e. The molecule has 16 heteroatoms. The molecule has 0 aliphatic heterocycles. The highest BCUT2D eigenvalue weighted by Crippen LogP contribution is 2.29. The molecular formula is C34H59NO15. The summed E-state index contributed by atoms with van der Waals surface area (Å²) in [6.07, 6.45) is -3.74. The number of hydrogen-bond acceptors (Lipinski definition) is 12. The van der Waals surface area contributed by atoms with E-state index in [1.807, 2.05) is 6.92 Å². The van der Waals surface area contributed by atoms with E-state index in [9.17, 15) is 54.3 Å². The minimum Gasteiger partial charge on any atom is -0.481 e. The molecule has 0 radical (unpaired) electrons. The van der Waals surface area contributed by atoms with Gasteiger partial charge in [0, 0.05) is 12.5 Å². The average Bonchev–Trinajstić information content (AvgIpc) is 2.99. The van der Waals surface area contributed by atoms with Crippen LogP contribution in [0, 0.1) is 23.7 Å². The molecule has 9 N–H and O–H groups in total. The molecule has 0 bridgehead atoms. The number of carboxylic acid groups (broad SMARTS) is 4. The van der Waals surface area contributed by atoms with Crippen molar-refractivity contribution < 1.29 is 74.0 Å². The molecule has 50 heavy (non-hydrogen) atoms. The first-order valence-corrected chi connectivity index (χ1v) is 17.3. The first-order valence-electron chi connectivity index (χ1n) is 17.3. The van der Waals surface area contributed by atoms with Gasteiger partial charge in [0.2, 0.25) is 0 Å². The summed E-state index contributed by atoms with van der Waals surface area (Å²) in [7, 11) is 0. The van der Waals surface area contributed by atoms with E-state index in [-0.39, 0.29) is 25.2 Å². The molecule has 16 nitrogen and oxygen atoms in total. The molecule has 0 aromatic rings. The van der Waals surface area contributed by atoms with E-state index in [0.29, 0.717) is 38.5 Å². The van der Waals surface area contributed by atoms with Gasteiger partial charge in [0.25, 0.3) is 0 Å². The van der Waals surface area contributed by atoms with Crippen LogP contribution in [-0.4, -0.2) is 108 Å². The normalized spacial score (nSPS) is 17.5. The quantitative estimate of drug-likeness (QED) is 0.0407. The summed E-state index contributed by atoms with van der Waals surface area (Å²) < 4.78 is 11.4. The second-order valence-corrected chi connectivity index (χ2v) is 13.6. The zero-order chi connectivity index (χ0) is 38.6. The number of carboxylic acids is 4. The number of carbonyl (C=O) groups excluding carboxylic acids is 2. The van der Waals surface area contributed by atoms with E-state index in [1.165, 1.54) is 0 Å². The fourth-order valence-corrected chi connectivity index (χ4v) is 5.68. The second kappa shape index (κ2) is 24.7. The minimum absolute atomic E-state index is 0.0270. The summed E-state index contributed by atoms with van der Waals surface area (Å²) >= 11 is 0. The molecule has 0 spiro atoms. The van der Waals surface area contributed by atoms with Crippen molar-refractivity contribution in [3.05, 3.63) is 0 Å². The third-order valence-corrected chi connectivity index (χ3v) is 8.61. The first-order chi connectivity index (χ1) is 23.3. The summed E-state index contributed by atoms with van der Waals surface area (Å²) in [5.41, 5.74) is 5.63. The van der Waals surface area contributed by atoms with E-state index in [4.69, 9.17) is 25.4 Å². The van der Waals surface area contributed by atoms with Crippen LogP contribution in [0.25, 0.3) is 0 Å². The van der Waals surface area contributed by atoms with Gasteiger partial charge in [0.05, 0.1) is 55.8 Å². The second-order valence-electron chi connectivity index (χ2n) is 13.6. The third-order valence-electron chi connectivity index (χ3n) is 8.61. The molecule has 0 saturated heterocycles. The average molecular weight is 722 g/mol. The SMILES string of the molecule is CCCC[C@@H](C)[C@@H](OC(=O)C[C@@H](CC(=O)O)C(=O)O)[C@H](C[C@@H](C)C[C@H](O)CCCC[C@@H](O)C[C@H](O)[C@H](C)N)OC(=O)C[C@H](CC(=O)O)C(=O)O. The van der Waals surface area contributed by atoms with Crippen molar-refractivity contribution in [2.24, 2.45) is 29.4 Å². The Labute approximate surface area is 293 Å². The van der Waals surface area contributed by atoms with Gasteiger partial charge < -0.3 is 51.0 Å². The van der Waals surface area contributed by atoms with Crippen LogP contribution in [0.1, 0.15) is 118 Å². The Kier molecular flexibility index (Phi) is 23.1. The van der Waals surface area contributed by atoms with Gasteiger partial charge in [-0.25, -0.2) is 0 Å². The fourth-order valence-electron chi connectivity index (χ4n) is 5.68. The van der Waals surface area contributed by atoms with E-state index in [0.717, 1.165) is 6.42 Å². The summed E-state index contributed by atoms with van der Waals surface area (Å²) in [5, 5.41) is 67.8. The predicted octanol–water partition coefficient (Wildman–Crippen LogP) is 2.56. The monoisotopic (exact) mass is 721 g/mol. The summed E-state index contributed by atoms with van der Waals surface area (Å²) in [6.45, 7) is 7.06. The van der Waals surface area contributed by atoms with Gasteiger partial charge in [-0.2, -0.15) is 0 Å². The van der Waals surface area contributed by atoms with Gasteiger partial charge >= 0.3 is 35.8 Å². The van der Waals surface area contributed by atoms with Gasteiger partial charge in [-0.3, -0.25) is 28.8 Å². The molecule has 0 fully saturated rings. The Hall–Kier alpha value is -3.34. The lowest BCUT2D eigenvalue weighted by atomic mass is 9.87. The van der Waals surface area contributed by atoms with Crippen molar-refractivity contribution in [2.75, 3.05) is 0 Å². The smallest absolute Gasteiger partial charge is 0.307 e. The van der Waals surface area contributed by atoms with Crippen molar-refractivity contribution in [2.45, 2.75) is 154 Å². The Morgan fingerprint density at radius 1 is 0.620 bits per heavy atom. The molecule has 0 aromatic carbocycles. The molecule has 290 valence electrons. The standard InChI is InChI=1S/C34H59NO15/c1-5-6-9-20(3)32(50-31(44)17-23(34(47)48)15-29(41)42)27(49-30(43)16-22(33(45)46)14-28(39)40)13-19(2)12-24(36)10-7-8-11-25(37)18-26(38)21(4)35/h19-27,32,36-38H,5-18,35H2,1-4H3,(H,39,40)(H,41,42)(H,45,46)(H,47,48)/t19-,20+,21-,22-,23+,24+,25+,26-,27-,32+/m0/s1. The number of nitrogens with two attached hydrogens (primary N) is 1. The number of aliphatic hydroxyl groups excluding tert-OH is 3. The highest BCUT2D eigenvalue weighted by atomic mass is 16.6. The topological polar surface area (TPSA) is 289 Å². The Bertz CT molecular complexity index is 1070. The number of esters is 2. The van der Waals surface area contributed by atoms with Crippen molar-refractivity contribution in [3.8, 4) is 0 Å². The molecular weight excluding hydrogens is 662 g/mol. The highest BCUT2D eigenvalue weighted by molar-refractivity contribution is 5.83. The number of aliphatic carboxylic acids is 4. The summed E-state index contributed by atoms with van der Waals surface area (Å²) in [6, 6.07) is -0.476. The maximum Gasteiger partial charge on any atom is 0.307 e. The molecule has 0 aliphatic carbocycles. The maximum atomic E-state index is 13.0. The van der Waals surface area contributed by atoms with E-state index < -0.39 is 116 Å². The number of rotatable bonds is 29. The Morgan fingerprint density at radius 3 is 1.50 bits per heavy atom. The molecule has 10 atom stereocenters. The van der Waals surface area contributed by atoms with E-state index >= 15 is 0 Å². The zero-order valence-electron chi connectivity index (χ0n) is 29.6. The minimum atomic E-state index is -1.59. The molecule has 0 unspecified atom stereocenters. The van der Waals surface area contributed by atoms with Gasteiger partial charge in [0.15, 0.2) is 0 Å². The third kappa shape index (κ3) is 21.0. The van der Waals surface area contributed by atoms with Crippen molar-refractivity contribution in [1.82, 2.24) is 0 Å². The zero-order valence-corrected chi connectivity index (χ0v) is 29.6. The van der Waals surface area contributed by atoms with Crippen LogP contribution >= 0.6 is 0 Å². The van der Waals surface area contributed by atoms with Gasteiger partial charge in [-0.1, -0.05) is 46.5 Å². The number of carbonyl (C=O) groups is 6. The Balaban J connectivity index is 5.98. The summed E-state index contributed by atoms with van der Waals surface area (Å²) in [4.78, 5) is 71.6. The first kappa shape index (κ1) is 46.7. The van der Waals surface area contributed by atoms with Crippen LogP contribution in [0.5, 0.6) is 0 Å². The molecule has 0 aliphatic rings. The van der Waals surface area contributed by atoms with Crippen molar-refractivity contribution in [3.63, 3.8) is 0 Å². The van der Waals surface area contributed by atoms with Crippen LogP contribution < -0.4 is 5.73 Å². The lowest BCUT2D eigenvalue weighted by Gasteiger charge is -2.33. The van der Waals surface area contributed by atoms with Crippen LogP contribution in [0.2, 0.25) is 0 Å². The molecule has 0 heterocycles. The number of hydrogen-bond donors (Lipinski definition) is 8. The van der Waals surface area contributed by atoms with Gasteiger partial charge in [0.1, 0.15) is 12.2 Å². The van der Waals surface area contributed by atoms with Crippen molar-refractivity contribution in [1.29, 1.82) is 0 Å². The number of unbranched alkanes of at least 4 members (excludes halogenated alkanes) is 2. The van der Waals surface area contributed by atoms with Gasteiger partial charge in [-0.05, 0) is 50.9 Å². The molecule has 0 amide bonds. The van der Waals surface area contributed by atoms with Crippen LogP contribution in [0.3, 0.4) is 0 Å². The lowest BCUT2D eigenvalue weighted by molar-refractivity contribution is -0.177. The number of ether oxygens (including phenoxy) is 2. The van der Waals surface area contributed by atoms with Crippen LogP contribution in [-0.2, 0) is 38.2 Å².